The van der Waals surface area contributed by atoms with Crippen molar-refractivity contribution in [3.8, 4) is 0 Å². The van der Waals surface area contributed by atoms with Crippen molar-refractivity contribution in [1.82, 2.24) is 0 Å². The molecule has 1 aromatic rings. The smallest absolute Gasteiger partial charge is 0.206 e. The summed E-state index contributed by atoms with van der Waals surface area (Å²) >= 11 is 5.47. The van der Waals surface area contributed by atoms with Crippen molar-refractivity contribution in [2.45, 2.75) is 6.18 Å². The Balaban J connectivity index is 3.32. The van der Waals surface area contributed by atoms with Crippen molar-refractivity contribution in [3.63, 3.8) is 0 Å². The van der Waals surface area contributed by atoms with Gasteiger partial charge in [0.1, 0.15) is 5.82 Å². The van der Waals surface area contributed by atoms with Gasteiger partial charge in [0.2, 0.25) is 0 Å². The first-order chi connectivity index (χ1) is 5.82. The molecule has 72 valence electrons. The standard InChI is InChI=1S/C7H2Br2F4/c8-4-2-5(9)6(10)1-3(4)7(11,12)13/h1-2H. The van der Waals surface area contributed by atoms with Crippen LogP contribution in [0.15, 0.2) is 21.1 Å². The van der Waals surface area contributed by atoms with Crippen LogP contribution in [0.3, 0.4) is 0 Å². The summed E-state index contributed by atoms with van der Waals surface area (Å²) in [7, 11) is 0. The zero-order valence-corrected chi connectivity index (χ0v) is 9.09. The van der Waals surface area contributed by atoms with Crippen LogP contribution in [0.1, 0.15) is 5.56 Å². The fourth-order valence-electron chi connectivity index (χ4n) is 0.740. The van der Waals surface area contributed by atoms with E-state index in [0.29, 0.717) is 6.07 Å². The van der Waals surface area contributed by atoms with E-state index in [1.165, 1.54) is 0 Å². The Morgan fingerprint density at radius 2 is 1.54 bits per heavy atom. The molecule has 0 aliphatic heterocycles. The third-order valence-electron chi connectivity index (χ3n) is 1.32. The first kappa shape index (κ1) is 11.0. The van der Waals surface area contributed by atoms with Crippen molar-refractivity contribution in [1.29, 1.82) is 0 Å². The highest BCUT2D eigenvalue weighted by Crippen LogP contribution is 2.37. The molecule has 0 bridgehead atoms. The van der Waals surface area contributed by atoms with Crippen molar-refractivity contribution in [3.05, 3.63) is 32.5 Å². The molecule has 0 aromatic heterocycles. The van der Waals surface area contributed by atoms with Gasteiger partial charge in [-0.05, 0) is 28.1 Å². The van der Waals surface area contributed by atoms with Gasteiger partial charge in [-0.1, -0.05) is 15.9 Å². The molecule has 0 saturated heterocycles. The van der Waals surface area contributed by atoms with E-state index in [1.807, 2.05) is 0 Å². The molecular formula is C7H2Br2F4. The van der Waals surface area contributed by atoms with E-state index in [2.05, 4.69) is 31.9 Å². The van der Waals surface area contributed by atoms with Gasteiger partial charge in [0, 0.05) is 4.47 Å². The Morgan fingerprint density at radius 3 is 2.00 bits per heavy atom. The fraction of sp³-hybridized carbons (Fsp3) is 0.143. The van der Waals surface area contributed by atoms with Gasteiger partial charge in [-0.3, -0.25) is 0 Å². The van der Waals surface area contributed by atoms with Crippen LogP contribution in [0.4, 0.5) is 17.6 Å². The molecule has 0 atom stereocenters. The third-order valence-corrected chi connectivity index (χ3v) is 2.58. The molecule has 1 rings (SSSR count). The maximum absolute atomic E-state index is 12.7. The molecule has 0 nitrogen and oxygen atoms in total. The lowest BCUT2D eigenvalue weighted by Crippen LogP contribution is -2.06. The molecular weight excluding hydrogens is 320 g/mol. The molecule has 0 aliphatic rings. The molecule has 0 fully saturated rings. The van der Waals surface area contributed by atoms with Gasteiger partial charge in [-0.2, -0.15) is 13.2 Å². The van der Waals surface area contributed by atoms with Crippen LogP contribution in [-0.4, -0.2) is 0 Å². The molecule has 0 radical (unpaired) electrons. The van der Waals surface area contributed by atoms with Gasteiger partial charge in [0.15, 0.2) is 0 Å². The van der Waals surface area contributed by atoms with Crippen molar-refractivity contribution in [2.24, 2.45) is 0 Å². The predicted molar refractivity (Wildman–Crippen MR) is 46.8 cm³/mol. The van der Waals surface area contributed by atoms with E-state index in [4.69, 9.17) is 0 Å². The second-order valence-electron chi connectivity index (χ2n) is 2.24. The Bertz CT molecular complexity index is 332. The quantitative estimate of drug-likeness (QED) is 0.491. The lowest BCUT2D eigenvalue weighted by atomic mass is 10.2. The van der Waals surface area contributed by atoms with E-state index < -0.39 is 17.6 Å². The predicted octanol–water partition coefficient (Wildman–Crippen LogP) is 4.37. The van der Waals surface area contributed by atoms with E-state index in [-0.39, 0.29) is 8.95 Å². The van der Waals surface area contributed by atoms with Crippen LogP contribution in [0.25, 0.3) is 0 Å². The van der Waals surface area contributed by atoms with Crippen molar-refractivity contribution < 1.29 is 17.6 Å². The van der Waals surface area contributed by atoms with E-state index in [1.54, 1.807) is 0 Å². The molecule has 0 N–H and O–H groups in total. The van der Waals surface area contributed by atoms with Crippen LogP contribution in [0.5, 0.6) is 0 Å². The van der Waals surface area contributed by atoms with Gasteiger partial charge < -0.3 is 0 Å². The molecule has 13 heavy (non-hydrogen) atoms. The summed E-state index contributed by atoms with van der Waals surface area (Å²) < 4.78 is 49.0. The summed E-state index contributed by atoms with van der Waals surface area (Å²) in [6.45, 7) is 0. The summed E-state index contributed by atoms with van der Waals surface area (Å²) in [5.41, 5.74) is -1.02. The fourth-order valence-corrected chi connectivity index (χ4v) is 1.96. The van der Waals surface area contributed by atoms with Crippen molar-refractivity contribution >= 4 is 31.9 Å². The largest absolute Gasteiger partial charge is 0.417 e. The van der Waals surface area contributed by atoms with Crippen molar-refractivity contribution in [2.75, 3.05) is 0 Å². The zero-order valence-electron chi connectivity index (χ0n) is 5.92. The monoisotopic (exact) mass is 320 g/mol. The summed E-state index contributed by atoms with van der Waals surface area (Å²) in [6, 6.07) is 1.46. The van der Waals surface area contributed by atoms with Crippen LogP contribution in [-0.2, 0) is 6.18 Å². The molecule has 0 amide bonds. The minimum absolute atomic E-state index is 0.00706. The molecule has 1 aromatic carbocycles. The number of hydrogen-bond donors (Lipinski definition) is 0. The van der Waals surface area contributed by atoms with Gasteiger partial charge >= 0.3 is 6.18 Å². The molecule has 0 unspecified atom stereocenters. The van der Waals surface area contributed by atoms with E-state index >= 15 is 0 Å². The topological polar surface area (TPSA) is 0 Å². The summed E-state index contributed by atoms with van der Waals surface area (Å²) in [5, 5.41) is 0. The molecule has 0 aliphatic carbocycles. The van der Waals surface area contributed by atoms with Gasteiger partial charge in [0.25, 0.3) is 0 Å². The maximum Gasteiger partial charge on any atom is 0.417 e. The minimum atomic E-state index is -4.54. The number of benzene rings is 1. The summed E-state index contributed by atoms with van der Waals surface area (Å²) in [5.74, 6) is -0.935. The Kier molecular flexibility index (Phi) is 3.01. The summed E-state index contributed by atoms with van der Waals surface area (Å²) in [4.78, 5) is 0. The van der Waals surface area contributed by atoms with Gasteiger partial charge in [-0.25, -0.2) is 4.39 Å². The van der Waals surface area contributed by atoms with E-state index in [9.17, 15) is 17.6 Å². The lowest BCUT2D eigenvalue weighted by Gasteiger charge is -2.09. The second-order valence-corrected chi connectivity index (χ2v) is 3.95. The Labute approximate surface area is 88.2 Å². The molecule has 0 heterocycles. The van der Waals surface area contributed by atoms with Crippen LogP contribution in [0.2, 0.25) is 0 Å². The average Bonchev–Trinajstić information content (AvgIpc) is 1.94. The number of alkyl halides is 3. The SMILES string of the molecule is Fc1cc(C(F)(F)F)c(Br)cc1Br. The third kappa shape index (κ3) is 2.43. The minimum Gasteiger partial charge on any atom is -0.206 e. The van der Waals surface area contributed by atoms with Crippen LogP contribution < -0.4 is 0 Å². The molecule has 0 saturated carbocycles. The van der Waals surface area contributed by atoms with Gasteiger partial charge in [-0.15, -0.1) is 0 Å². The average molecular weight is 322 g/mol. The highest BCUT2D eigenvalue weighted by atomic mass is 79.9. The number of hydrogen-bond acceptors (Lipinski definition) is 0. The lowest BCUT2D eigenvalue weighted by molar-refractivity contribution is -0.138. The summed E-state index contributed by atoms with van der Waals surface area (Å²) in [6.07, 6.45) is -4.54. The van der Waals surface area contributed by atoms with Crippen LogP contribution in [0, 0.1) is 5.82 Å². The number of rotatable bonds is 0. The number of halogens is 6. The molecule has 0 spiro atoms. The zero-order chi connectivity index (χ0) is 10.2. The highest BCUT2D eigenvalue weighted by molar-refractivity contribution is 9.11. The maximum atomic E-state index is 12.7. The molecule has 6 heteroatoms. The van der Waals surface area contributed by atoms with Gasteiger partial charge in [0.05, 0.1) is 10.0 Å². The normalized spacial score (nSPS) is 11.8. The first-order valence-electron chi connectivity index (χ1n) is 3.04. The second kappa shape index (κ2) is 3.57. The van der Waals surface area contributed by atoms with E-state index in [0.717, 1.165) is 6.07 Å². The first-order valence-corrected chi connectivity index (χ1v) is 4.62. The Morgan fingerprint density at radius 1 is 1.00 bits per heavy atom. The highest BCUT2D eigenvalue weighted by Gasteiger charge is 2.33. The Hall–Kier alpha value is -0.100. The van der Waals surface area contributed by atoms with Crippen LogP contribution >= 0.6 is 31.9 Å².